The van der Waals surface area contributed by atoms with Gasteiger partial charge in [0.1, 0.15) is 34.9 Å². The highest BCUT2D eigenvalue weighted by Crippen LogP contribution is 2.60. The zero-order chi connectivity index (χ0) is 34.4. The molecule has 2 saturated heterocycles. The summed E-state index contributed by atoms with van der Waals surface area (Å²) in [5.41, 5.74) is -0.389. The number of nitrogens with zero attached hydrogens (tertiary/aromatic N) is 4. The van der Waals surface area contributed by atoms with E-state index in [2.05, 4.69) is 12.1 Å². The zero-order valence-electron chi connectivity index (χ0n) is 27.9. The second kappa shape index (κ2) is 12.8. The molecule has 6 rings (SSSR count). The third-order valence-corrected chi connectivity index (χ3v) is 10.9. The predicted molar refractivity (Wildman–Crippen MR) is 173 cm³/mol. The first-order valence-corrected chi connectivity index (χ1v) is 17.9. The highest BCUT2D eigenvalue weighted by Gasteiger charge is 2.56. The van der Waals surface area contributed by atoms with Gasteiger partial charge < -0.3 is 19.3 Å². The minimum Gasteiger partial charge on any atom is -0.485 e. The Kier molecular flexibility index (Phi) is 9.08. The lowest BCUT2D eigenvalue weighted by Gasteiger charge is -2.49. The molecule has 0 saturated carbocycles. The topological polar surface area (TPSA) is 151 Å². The highest BCUT2D eigenvalue weighted by molar-refractivity contribution is 7.48. The molecule has 4 atom stereocenters. The van der Waals surface area contributed by atoms with E-state index in [0.717, 1.165) is 0 Å². The molecule has 48 heavy (non-hydrogen) atoms. The molecular weight excluding hydrogens is 635 g/mol. The Hall–Kier alpha value is -3.93. The van der Waals surface area contributed by atoms with E-state index in [1.54, 1.807) is 73.9 Å². The average Bonchev–Trinajstić information content (AvgIpc) is 3.67. The van der Waals surface area contributed by atoms with Crippen molar-refractivity contribution in [3.8, 4) is 23.6 Å². The number of hydrogen-bond donors (Lipinski definition) is 0. The quantitative estimate of drug-likeness (QED) is 0.285. The smallest absolute Gasteiger partial charge is 0.475 e. The van der Waals surface area contributed by atoms with Gasteiger partial charge >= 0.3 is 7.82 Å². The van der Waals surface area contributed by atoms with Gasteiger partial charge in [0.25, 0.3) is 0 Å². The van der Waals surface area contributed by atoms with Gasteiger partial charge in [0.05, 0.1) is 42.0 Å². The molecule has 4 unspecified atom stereocenters. The molecule has 4 aliphatic heterocycles. The van der Waals surface area contributed by atoms with Crippen LogP contribution in [0.15, 0.2) is 36.4 Å². The fraction of sp³-hybridized carbons (Fsp3) is 0.543. The summed E-state index contributed by atoms with van der Waals surface area (Å²) in [5, 5.41) is 19.4. The number of carbonyl (C=O) groups excluding carboxylic acids is 2. The SMILES string of the molecule is CCCOP(=O)(OC1C(N2CCCC2=O)c2cc(C#N)ccc2OC1(C)C)OC1C(N2CCCC2=O)c2cc(C#N)ccc2OC1(C)C. The number of rotatable bonds is 9. The van der Waals surface area contributed by atoms with Gasteiger partial charge in [-0.15, -0.1) is 0 Å². The summed E-state index contributed by atoms with van der Waals surface area (Å²) in [5.74, 6) is 0.801. The lowest BCUT2D eigenvalue weighted by Crippen LogP contribution is -2.56. The Bertz CT molecular complexity index is 1630. The molecule has 0 aromatic heterocycles. The second-order valence-electron chi connectivity index (χ2n) is 13.7. The Morgan fingerprint density at radius 3 is 1.60 bits per heavy atom. The maximum absolute atomic E-state index is 15.1. The van der Waals surface area contributed by atoms with Crippen LogP contribution in [0, 0.1) is 22.7 Å². The number of nitriles is 2. The number of benzene rings is 2. The third-order valence-electron chi connectivity index (χ3n) is 9.44. The summed E-state index contributed by atoms with van der Waals surface area (Å²) < 4.78 is 47.1. The number of fused-ring (bicyclic) bond motifs is 2. The van der Waals surface area contributed by atoms with Crippen molar-refractivity contribution >= 4 is 19.6 Å². The molecule has 13 heteroatoms. The van der Waals surface area contributed by atoms with Gasteiger partial charge in [0, 0.05) is 37.1 Å². The molecule has 12 nitrogen and oxygen atoms in total. The second-order valence-corrected chi connectivity index (χ2v) is 15.3. The molecule has 2 aromatic rings. The van der Waals surface area contributed by atoms with Crippen LogP contribution >= 0.6 is 7.82 Å². The van der Waals surface area contributed by atoms with Crippen molar-refractivity contribution in [3.63, 3.8) is 0 Å². The van der Waals surface area contributed by atoms with Crippen LogP contribution in [0.2, 0.25) is 0 Å². The van der Waals surface area contributed by atoms with Gasteiger partial charge in [-0.25, -0.2) is 4.57 Å². The molecule has 2 fully saturated rings. The van der Waals surface area contributed by atoms with Gasteiger partial charge in [-0.2, -0.15) is 10.5 Å². The average molecular weight is 677 g/mol. The molecule has 0 bridgehead atoms. The van der Waals surface area contributed by atoms with E-state index in [0.29, 0.717) is 78.9 Å². The van der Waals surface area contributed by atoms with Crippen molar-refractivity contribution in [2.75, 3.05) is 19.7 Å². The number of phosphoric ester groups is 1. The monoisotopic (exact) mass is 676 g/mol. The fourth-order valence-electron chi connectivity index (χ4n) is 7.18. The third kappa shape index (κ3) is 6.19. The standard InChI is InChI=1S/C35H41N4O8P/c1-6-17-43-48(42,46-32-30(38-15-7-9-28(38)40)24-18-22(20-36)11-13-26(24)44-34(32,2)3)47-33-31(39-16-8-10-29(39)41)25-19-23(21-37)12-14-27(25)45-35(33,4)5/h11-14,18-19,30-33H,6-10,15-17H2,1-5H3. The number of amides is 2. The van der Waals surface area contributed by atoms with Crippen molar-refractivity contribution in [2.45, 2.75) is 102 Å². The Morgan fingerprint density at radius 2 is 1.25 bits per heavy atom. The number of phosphoric acid groups is 1. The Balaban J connectivity index is 1.45. The van der Waals surface area contributed by atoms with Crippen molar-refractivity contribution < 1.29 is 37.2 Å². The van der Waals surface area contributed by atoms with Crippen LogP contribution in [0.3, 0.4) is 0 Å². The normalized spacial score (nSPS) is 26.8. The summed E-state index contributed by atoms with van der Waals surface area (Å²) in [6.45, 7) is 9.93. The molecule has 2 aromatic carbocycles. The van der Waals surface area contributed by atoms with Gasteiger partial charge in [0.15, 0.2) is 0 Å². The van der Waals surface area contributed by atoms with Crippen molar-refractivity contribution in [1.29, 1.82) is 10.5 Å². The molecule has 0 spiro atoms. The summed E-state index contributed by atoms with van der Waals surface area (Å²) in [4.78, 5) is 29.9. The molecular formula is C35H41N4O8P. The van der Waals surface area contributed by atoms with Gasteiger partial charge in [0.2, 0.25) is 11.8 Å². The van der Waals surface area contributed by atoms with Gasteiger partial charge in [-0.3, -0.25) is 23.2 Å². The van der Waals surface area contributed by atoms with Crippen LogP contribution in [0.4, 0.5) is 0 Å². The van der Waals surface area contributed by atoms with Crippen LogP contribution < -0.4 is 9.47 Å². The minimum atomic E-state index is -4.55. The largest absolute Gasteiger partial charge is 0.485 e. The van der Waals surface area contributed by atoms with Crippen LogP contribution in [-0.4, -0.2) is 64.7 Å². The maximum atomic E-state index is 15.1. The maximum Gasteiger partial charge on any atom is 0.475 e. The van der Waals surface area contributed by atoms with E-state index in [-0.39, 0.29) is 18.4 Å². The first-order valence-electron chi connectivity index (χ1n) is 16.5. The van der Waals surface area contributed by atoms with Crippen LogP contribution in [0.1, 0.15) is 101 Å². The summed E-state index contributed by atoms with van der Waals surface area (Å²) in [7, 11) is -4.55. The molecule has 0 radical (unpaired) electrons. The number of likely N-dealkylation sites (tertiary alicyclic amines) is 2. The number of ether oxygens (including phenoxy) is 2. The van der Waals surface area contributed by atoms with E-state index >= 15 is 4.57 Å². The van der Waals surface area contributed by atoms with Crippen molar-refractivity contribution in [2.24, 2.45) is 0 Å². The van der Waals surface area contributed by atoms with E-state index in [4.69, 9.17) is 23.0 Å². The minimum absolute atomic E-state index is 0.0320. The molecule has 2 amide bonds. The van der Waals surface area contributed by atoms with E-state index < -0.39 is 43.3 Å². The van der Waals surface area contributed by atoms with Gasteiger partial charge in [-0.05, 0) is 83.4 Å². The Morgan fingerprint density at radius 1 is 0.812 bits per heavy atom. The molecule has 0 N–H and O–H groups in total. The van der Waals surface area contributed by atoms with Crippen molar-refractivity contribution in [3.05, 3.63) is 58.7 Å². The van der Waals surface area contributed by atoms with Gasteiger partial charge in [-0.1, -0.05) is 6.92 Å². The summed E-state index contributed by atoms with van der Waals surface area (Å²) in [6, 6.07) is 12.8. The van der Waals surface area contributed by atoms with Crippen molar-refractivity contribution in [1.82, 2.24) is 9.80 Å². The van der Waals surface area contributed by atoms with E-state index in [9.17, 15) is 20.1 Å². The molecule has 254 valence electrons. The van der Waals surface area contributed by atoms with Crippen LogP contribution in [0.5, 0.6) is 11.5 Å². The molecule has 4 aliphatic rings. The summed E-state index contributed by atoms with van der Waals surface area (Å²) in [6.07, 6.45) is 0.363. The fourth-order valence-corrected chi connectivity index (χ4v) is 9.05. The zero-order valence-corrected chi connectivity index (χ0v) is 28.8. The highest BCUT2D eigenvalue weighted by atomic mass is 31.2. The number of hydrogen-bond acceptors (Lipinski definition) is 10. The van der Waals surface area contributed by atoms with E-state index in [1.165, 1.54) is 0 Å². The van der Waals surface area contributed by atoms with E-state index in [1.807, 2.05) is 6.92 Å². The number of carbonyl (C=O) groups is 2. The summed E-state index contributed by atoms with van der Waals surface area (Å²) >= 11 is 0. The lowest BCUT2D eigenvalue weighted by molar-refractivity contribution is -0.145. The first kappa shape index (κ1) is 34.0. The van der Waals surface area contributed by atoms with Crippen LogP contribution in [0.25, 0.3) is 0 Å². The molecule has 0 aliphatic carbocycles. The van der Waals surface area contributed by atoms with Crippen LogP contribution in [-0.2, 0) is 27.7 Å². The molecule has 4 heterocycles. The Labute approximate surface area is 281 Å². The first-order chi connectivity index (χ1) is 22.8. The predicted octanol–water partition coefficient (Wildman–Crippen LogP) is 6.10. The lowest BCUT2D eigenvalue weighted by atomic mass is 9.85.